The summed E-state index contributed by atoms with van der Waals surface area (Å²) >= 11 is 9.37. The highest BCUT2D eigenvalue weighted by atomic mass is 79.9. The molecule has 2 nitrogen and oxygen atoms in total. The van der Waals surface area contributed by atoms with Crippen LogP contribution in [0.5, 0.6) is 5.75 Å². The van der Waals surface area contributed by atoms with Crippen LogP contribution in [-0.4, -0.2) is 13.2 Å². The topological polar surface area (TPSA) is 21.3 Å². The van der Waals surface area contributed by atoms with E-state index in [1.807, 2.05) is 12.1 Å². The lowest BCUT2D eigenvalue weighted by atomic mass is 10.1. The molecule has 2 rings (SSSR count). The Balaban J connectivity index is 2.11. The van der Waals surface area contributed by atoms with Gasteiger partial charge in [-0.1, -0.05) is 34.1 Å². The van der Waals surface area contributed by atoms with Crippen LogP contribution >= 0.6 is 27.5 Å². The Kier molecular flexibility index (Phi) is 3.90. The number of ether oxygens (including phenoxy) is 1. The van der Waals surface area contributed by atoms with Gasteiger partial charge in [0.2, 0.25) is 0 Å². The molecule has 0 spiro atoms. The zero-order valence-corrected chi connectivity index (χ0v) is 11.2. The summed E-state index contributed by atoms with van der Waals surface area (Å²) in [4.78, 5) is 0. The molecule has 1 aliphatic rings. The van der Waals surface area contributed by atoms with Crippen molar-refractivity contribution >= 4 is 27.5 Å². The molecule has 0 radical (unpaired) electrons. The van der Waals surface area contributed by atoms with E-state index >= 15 is 0 Å². The monoisotopic (exact) mass is 301 g/mol. The molecule has 0 aromatic heterocycles. The molecule has 0 amide bonds. The van der Waals surface area contributed by atoms with Gasteiger partial charge in [-0.3, -0.25) is 0 Å². The average molecular weight is 303 g/mol. The third-order valence-corrected chi connectivity index (χ3v) is 2.96. The zero-order valence-electron chi connectivity index (χ0n) is 8.85. The highest BCUT2D eigenvalue weighted by Crippen LogP contribution is 2.32. The average Bonchev–Trinajstić information content (AvgIpc) is 2.64. The van der Waals surface area contributed by atoms with Crippen LogP contribution in [0.1, 0.15) is 11.1 Å². The van der Waals surface area contributed by atoms with E-state index in [1.165, 1.54) is 5.56 Å². The summed E-state index contributed by atoms with van der Waals surface area (Å²) in [5.74, 6) is 0.997. The van der Waals surface area contributed by atoms with Gasteiger partial charge in [-0.05, 0) is 17.7 Å². The van der Waals surface area contributed by atoms with Crippen LogP contribution in [0.4, 0.5) is 0 Å². The summed E-state index contributed by atoms with van der Waals surface area (Å²) in [7, 11) is 0. The molecule has 86 valence electrons. The van der Waals surface area contributed by atoms with Gasteiger partial charge >= 0.3 is 0 Å². The number of rotatable bonds is 4. The quantitative estimate of drug-likeness (QED) is 0.921. The lowest BCUT2D eigenvalue weighted by molar-refractivity contribution is 0.352. The Bertz CT molecular complexity index is 420. The maximum atomic E-state index is 6.06. The van der Waals surface area contributed by atoms with Crippen LogP contribution in [0.25, 0.3) is 0 Å². The number of nitrogens with one attached hydrogen (secondary N) is 1. The van der Waals surface area contributed by atoms with Crippen molar-refractivity contribution in [1.82, 2.24) is 5.32 Å². The van der Waals surface area contributed by atoms with Gasteiger partial charge in [-0.2, -0.15) is 0 Å². The van der Waals surface area contributed by atoms with Crippen molar-refractivity contribution < 1.29 is 4.74 Å². The molecular weight excluding hydrogens is 289 g/mol. The van der Waals surface area contributed by atoms with Crippen LogP contribution in [0.15, 0.2) is 23.2 Å². The molecule has 1 heterocycles. The number of halogens is 2. The summed E-state index contributed by atoms with van der Waals surface area (Å²) in [5, 5.41) is 4.05. The Labute approximate surface area is 109 Å². The molecule has 1 aliphatic heterocycles. The summed E-state index contributed by atoms with van der Waals surface area (Å²) in [6.45, 7) is 6.01. The van der Waals surface area contributed by atoms with E-state index in [2.05, 4.69) is 27.8 Å². The van der Waals surface area contributed by atoms with Crippen molar-refractivity contribution in [3.63, 3.8) is 0 Å². The van der Waals surface area contributed by atoms with Crippen LogP contribution in [-0.2, 0) is 13.0 Å². The molecule has 1 aromatic carbocycles. The molecule has 1 N–H and O–H groups in total. The largest absolute Gasteiger partial charge is 0.493 e. The van der Waals surface area contributed by atoms with Gasteiger partial charge in [-0.25, -0.2) is 0 Å². The molecule has 4 heteroatoms. The Hall–Kier alpha value is -0.510. The maximum Gasteiger partial charge on any atom is 0.127 e. The van der Waals surface area contributed by atoms with Crippen molar-refractivity contribution in [2.75, 3.05) is 13.2 Å². The van der Waals surface area contributed by atoms with E-state index in [1.54, 1.807) is 0 Å². The zero-order chi connectivity index (χ0) is 11.5. The predicted molar refractivity (Wildman–Crippen MR) is 70.4 cm³/mol. The Morgan fingerprint density at radius 1 is 1.56 bits per heavy atom. The maximum absolute atomic E-state index is 6.06. The smallest absolute Gasteiger partial charge is 0.127 e. The van der Waals surface area contributed by atoms with E-state index < -0.39 is 0 Å². The van der Waals surface area contributed by atoms with E-state index in [-0.39, 0.29) is 0 Å². The predicted octanol–water partition coefficient (Wildman–Crippen LogP) is 3.27. The fourth-order valence-corrected chi connectivity index (χ4v) is 2.27. The minimum Gasteiger partial charge on any atom is -0.493 e. The van der Waals surface area contributed by atoms with Crippen LogP contribution in [0.3, 0.4) is 0 Å². The molecule has 0 bridgehead atoms. The highest BCUT2D eigenvalue weighted by Gasteiger charge is 2.17. The third-order valence-electron chi connectivity index (χ3n) is 2.46. The van der Waals surface area contributed by atoms with E-state index in [0.29, 0.717) is 0 Å². The molecule has 0 unspecified atom stereocenters. The number of benzene rings is 1. The Morgan fingerprint density at radius 3 is 3.12 bits per heavy atom. The molecule has 0 aliphatic carbocycles. The molecule has 0 saturated carbocycles. The van der Waals surface area contributed by atoms with Crippen molar-refractivity contribution in [2.45, 2.75) is 13.0 Å². The summed E-state index contributed by atoms with van der Waals surface area (Å²) in [6, 6.07) is 3.94. The molecular formula is C12H13BrClNO. The fourth-order valence-electron chi connectivity index (χ4n) is 1.81. The lowest BCUT2D eigenvalue weighted by Crippen LogP contribution is -2.15. The van der Waals surface area contributed by atoms with Crippen molar-refractivity contribution in [3.05, 3.63) is 39.3 Å². The van der Waals surface area contributed by atoms with E-state index in [0.717, 1.165) is 46.9 Å². The van der Waals surface area contributed by atoms with Gasteiger partial charge < -0.3 is 10.1 Å². The normalized spacial score (nSPS) is 13.4. The van der Waals surface area contributed by atoms with Crippen molar-refractivity contribution in [1.29, 1.82) is 0 Å². The van der Waals surface area contributed by atoms with Gasteiger partial charge in [0.15, 0.2) is 0 Å². The first-order valence-electron chi connectivity index (χ1n) is 5.15. The van der Waals surface area contributed by atoms with Crippen LogP contribution < -0.4 is 10.1 Å². The van der Waals surface area contributed by atoms with Gasteiger partial charge in [0, 0.05) is 34.6 Å². The first-order valence-corrected chi connectivity index (χ1v) is 6.32. The molecule has 0 saturated heterocycles. The second-order valence-corrected chi connectivity index (χ2v) is 5.33. The lowest BCUT2D eigenvalue weighted by Gasteiger charge is -2.09. The fraction of sp³-hybridized carbons (Fsp3) is 0.333. The minimum absolute atomic E-state index is 0.737. The first-order chi connectivity index (χ1) is 7.66. The SMILES string of the molecule is C=C(Br)CNCc1cc(Cl)cc2c1OCC2. The summed E-state index contributed by atoms with van der Waals surface area (Å²) < 4.78 is 6.55. The van der Waals surface area contributed by atoms with Crippen molar-refractivity contribution in [2.24, 2.45) is 0 Å². The highest BCUT2D eigenvalue weighted by molar-refractivity contribution is 9.11. The van der Waals surface area contributed by atoms with Gasteiger partial charge in [0.05, 0.1) is 6.61 Å². The third kappa shape index (κ3) is 2.78. The summed E-state index contributed by atoms with van der Waals surface area (Å²) in [6.07, 6.45) is 0.952. The van der Waals surface area contributed by atoms with Gasteiger partial charge in [0.1, 0.15) is 5.75 Å². The number of hydrogen-bond acceptors (Lipinski definition) is 2. The number of hydrogen-bond donors (Lipinski definition) is 1. The van der Waals surface area contributed by atoms with Gasteiger partial charge in [-0.15, -0.1) is 0 Å². The molecule has 1 aromatic rings. The van der Waals surface area contributed by atoms with Gasteiger partial charge in [0.25, 0.3) is 0 Å². The molecule has 0 atom stereocenters. The van der Waals surface area contributed by atoms with Crippen LogP contribution in [0.2, 0.25) is 5.02 Å². The second kappa shape index (κ2) is 5.21. The first kappa shape index (κ1) is 12.0. The van der Waals surface area contributed by atoms with Crippen molar-refractivity contribution in [3.8, 4) is 5.75 Å². The molecule has 16 heavy (non-hydrogen) atoms. The minimum atomic E-state index is 0.737. The van der Waals surface area contributed by atoms with Crippen LogP contribution in [0, 0.1) is 0 Å². The standard InChI is InChI=1S/C12H13BrClNO/c1-8(13)6-15-7-10-5-11(14)4-9-2-3-16-12(9)10/h4-5,15H,1-3,6-7H2. The number of fused-ring (bicyclic) bond motifs is 1. The van der Waals surface area contributed by atoms with E-state index in [4.69, 9.17) is 16.3 Å². The van der Waals surface area contributed by atoms with E-state index in [9.17, 15) is 0 Å². The summed E-state index contributed by atoms with van der Waals surface area (Å²) in [5.41, 5.74) is 2.33. The molecule has 0 fully saturated rings. The second-order valence-electron chi connectivity index (χ2n) is 3.77. The Morgan fingerprint density at radius 2 is 2.38 bits per heavy atom.